The molecule has 4 heteroatoms. The van der Waals surface area contributed by atoms with Gasteiger partial charge in [-0.15, -0.1) is 0 Å². The van der Waals surface area contributed by atoms with E-state index in [2.05, 4.69) is 64.4 Å². The van der Waals surface area contributed by atoms with Crippen LogP contribution in [0.3, 0.4) is 0 Å². The second-order valence-electron chi connectivity index (χ2n) is 8.11. The number of ether oxygens (including phenoxy) is 2. The first-order valence-corrected chi connectivity index (χ1v) is 11.1. The average Bonchev–Trinajstić information content (AvgIpc) is 2.84. The monoisotopic (exact) mass is 416 g/mol. The van der Waals surface area contributed by atoms with Gasteiger partial charge in [0.05, 0.1) is 7.11 Å². The molecule has 0 radical (unpaired) electrons. The third-order valence-corrected chi connectivity index (χ3v) is 5.90. The third kappa shape index (κ3) is 6.33. The first kappa shape index (κ1) is 21.4. The molecule has 1 saturated heterocycles. The van der Waals surface area contributed by atoms with Crippen molar-refractivity contribution in [2.75, 3.05) is 39.8 Å². The van der Waals surface area contributed by atoms with Crippen molar-refractivity contribution in [3.8, 4) is 11.5 Å². The van der Waals surface area contributed by atoms with Crippen LogP contribution in [0.5, 0.6) is 11.5 Å². The van der Waals surface area contributed by atoms with E-state index in [0.29, 0.717) is 6.61 Å². The van der Waals surface area contributed by atoms with E-state index in [1.165, 1.54) is 11.1 Å². The van der Waals surface area contributed by atoms with Crippen molar-refractivity contribution in [3.63, 3.8) is 0 Å². The van der Waals surface area contributed by atoms with Crippen LogP contribution in [0.25, 0.3) is 0 Å². The lowest BCUT2D eigenvalue weighted by Crippen LogP contribution is -2.46. The number of hydrogen-bond acceptors (Lipinski definition) is 4. The molecule has 0 bridgehead atoms. The highest BCUT2D eigenvalue weighted by molar-refractivity contribution is 5.43. The minimum atomic E-state index is 0.543. The summed E-state index contributed by atoms with van der Waals surface area (Å²) in [5.41, 5.74) is 3.84. The highest BCUT2D eigenvalue weighted by atomic mass is 16.5. The fraction of sp³-hybridized carbons (Fsp3) is 0.333. The molecule has 3 aromatic carbocycles. The Morgan fingerprint density at radius 1 is 0.677 bits per heavy atom. The van der Waals surface area contributed by atoms with Crippen LogP contribution in [0.4, 0.5) is 0 Å². The summed E-state index contributed by atoms with van der Waals surface area (Å²) in [4.78, 5) is 5.10. The van der Waals surface area contributed by atoms with Gasteiger partial charge < -0.3 is 14.4 Å². The van der Waals surface area contributed by atoms with Crippen LogP contribution in [0, 0.1) is 0 Å². The van der Waals surface area contributed by atoms with Gasteiger partial charge in [0.25, 0.3) is 0 Å². The lowest BCUT2D eigenvalue weighted by molar-refractivity contribution is 0.128. The number of benzene rings is 3. The highest BCUT2D eigenvalue weighted by Gasteiger charge is 2.17. The first-order valence-electron chi connectivity index (χ1n) is 11.1. The van der Waals surface area contributed by atoms with Gasteiger partial charge in [-0.1, -0.05) is 66.7 Å². The van der Waals surface area contributed by atoms with Crippen molar-refractivity contribution in [2.24, 2.45) is 0 Å². The summed E-state index contributed by atoms with van der Waals surface area (Å²) in [6, 6.07) is 27.3. The summed E-state index contributed by atoms with van der Waals surface area (Å²) in [7, 11) is 1.71. The van der Waals surface area contributed by atoms with Crippen molar-refractivity contribution in [3.05, 3.63) is 95.6 Å². The largest absolute Gasteiger partial charge is 0.493 e. The Bertz CT molecular complexity index is 922. The standard InChI is InChI=1S/C27H32N2O2/c1-30-27-20-25(12-13-26(27)31-22-24-10-6-3-7-11-24)21-29-18-16-28(17-19-29)15-14-23-8-4-2-5-9-23/h2-13,20H,14-19,21-22H2,1H3. The highest BCUT2D eigenvalue weighted by Crippen LogP contribution is 2.29. The van der Waals surface area contributed by atoms with Crippen molar-refractivity contribution in [1.82, 2.24) is 9.80 Å². The summed E-state index contributed by atoms with van der Waals surface area (Å²) >= 11 is 0. The average molecular weight is 417 g/mol. The molecule has 4 rings (SSSR count). The van der Waals surface area contributed by atoms with E-state index in [9.17, 15) is 0 Å². The SMILES string of the molecule is COc1cc(CN2CCN(CCc3ccccc3)CC2)ccc1OCc1ccccc1. The molecular weight excluding hydrogens is 384 g/mol. The van der Waals surface area contributed by atoms with E-state index in [0.717, 1.165) is 62.8 Å². The third-order valence-electron chi connectivity index (χ3n) is 5.90. The van der Waals surface area contributed by atoms with Gasteiger partial charge in [0.1, 0.15) is 6.61 Å². The van der Waals surface area contributed by atoms with Crippen molar-refractivity contribution in [2.45, 2.75) is 19.6 Å². The minimum absolute atomic E-state index is 0.543. The van der Waals surface area contributed by atoms with Crippen molar-refractivity contribution >= 4 is 0 Å². The fourth-order valence-electron chi connectivity index (χ4n) is 4.03. The molecule has 0 amide bonds. The number of hydrogen-bond donors (Lipinski definition) is 0. The minimum Gasteiger partial charge on any atom is -0.493 e. The lowest BCUT2D eigenvalue weighted by Gasteiger charge is -2.34. The van der Waals surface area contributed by atoms with E-state index in [-0.39, 0.29) is 0 Å². The van der Waals surface area contributed by atoms with E-state index in [1.54, 1.807) is 7.11 Å². The van der Waals surface area contributed by atoms with Gasteiger partial charge in [0.2, 0.25) is 0 Å². The smallest absolute Gasteiger partial charge is 0.161 e. The Morgan fingerprint density at radius 2 is 1.32 bits per heavy atom. The Labute approximate surface area is 186 Å². The number of piperazine rings is 1. The molecule has 1 heterocycles. The Kier molecular flexibility index (Phi) is 7.59. The van der Waals surface area contributed by atoms with Crippen LogP contribution < -0.4 is 9.47 Å². The summed E-state index contributed by atoms with van der Waals surface area (Å²) in [5, 5.41) is 0. The molecule has 0 atom stereocenters. The summed E-state index contributed by atoms with van der Waals surface area (Å²) < 4.78 is 11.6. The Hall–Kier alpha value is -2.82. The maximum atomic E-state index is 5.99. The first-order chi connectivity index (χ1) is 15.3. The van der Waals surface area contributed by atoms with Gasteiger partial charge in [0, 0.05) is 39.3 Å². The molecule has 31 heavy (non-hydrogen) atoms. The normalized spacial score (nSPS) is 15.0. The maximum absolute atomic E-state index is 5.99. The fourth-order valence-corrected chi connectivity index (χ4v) is 4.03. The molecule has 0 unspecified atom stereocenters. The van der Waals surface area contributed by atoms with Crippen LogP contribution in [-0.2, 0) is 19.6 Å². The molecule has 4 nitrogen and oxygen atoms in total. The molecular formula is C27H32N2O2. The summed E-state index contributed by atoms with van der Waals surface area (Å²) in [5.74, 6) is 1.59. The van der Waals surface area contributed by atoms with Crippen LogP contribution in [0.2, 0.25) is 0 Å². The molecule has 3 aromatic rings. The summed E-state index contributed by atoms with van der Waals surface area (Å²) in [6.45, 7) is 7.08. The van der Waals surface area contributed by atoms with E-state index < -0.39 is 0 Å². The molecule has 0 spiro atoms. The molecule has 1 aliphatic heterocycles. The second-order valence-corrected chi connectivity index (χ2v) is 8.11. The molecule has 1 fully saturated rings. The molecule has 1 aliphatic rings. The van der Waals surface area contributed by atoms with Gasteiger partial charge in [-0.3, -0.25) is 4.90 Å². The number of methoxy groups -OCH3 is 1. The van der Waals surface area contributed by atoms with Crippen LogP contribution in [0.1, 0.15) is 16.7 Å². The zero-order chi connectivity index (χ0) is 21.3. The molecule has 162 valence electrons. The van der Waals surface area contributed by atoms with Crippen molar-refractivity contribution in [1.29, 1.82) is 0 Å². The Morgan fingerprint density at radius 3 is 2.00 bits per heavy atom. The summed E-state index contributed by atoms with van der Waals surface area (Å²) in [6.07, 6.45) is 1.13. The molecule has 0 aliphatic carbocycles. The predicted octanol–water partition coefficient (Wildman–Crippen LogP) is 4.63. The maximum Gasteiger partial charge on any atom is 0.161 e. The van der Waals surface area contributed by atoms with Crippen LogP contribution in [-0.4, -0.2) is 49.6 Å². The lowest BCUT2D eigenvalue weighted by atomic mass is 10.1. The van der Waals surface area contributed by atoms with E-state index >= 15 is 0 Å². The van der Waals surface area contributed by atoms with Gasteiger partial charge in [0.15, 0.2) is 11.5 Å². The van der Waals surface area contributed by atoms with Gasteiger partial charge in [-0.2, -0.15) is 0 Å². The van der Waals surface area contributed by atoms with Crippen LogP contribution in [0.15, 0.2) is 78.9 Å². The quantitative estimate of drug-likeness (QED) is 0.508. The van der Waals surface area contributed by atoms with Gasteiger partial charge >= 0.3 is 0 Å². The van der Waals surface area contributed by atoms with Crippen molar-refractivity contribution < 1.29 is 9.47 Å². The zero-order valence-corrected chi connectivity index (χ0v) is 18.4. The molecule has 0 saturated carbocycles. The number of rotatable bonds is 9. The number of nitrogens with zero attached hydrogens (tertiary/aromatic N) is 2. The van der Waals surface area contributed by atoms with Gasteiger partial charge in [-0.05, 0) is 35.2 Å². The molecule has 0 aromatic heterocycles. The topological polar surface area (TPSA) is 24.9 Å². The van der Waals surface area contributed by atoms with E-state index in [4.69, 9.17) is 9.47 Å². The van der Waals surface area contributed by atoms with Gasteiger partial charge in [-0.25, -0.2) is 0 Å². The predicted molar refractivity (Wildman–Crippen MR) is 126 cm³/mol. The van der Waals surface area contributed by atoms with Crippen LogP contribution >= 0.6 is 0 Å². The molecule has 0 N–H and O–H groups in total. The second kappa shape index (κ2) is 11.0. The van der Waals surface area contributed by atoms with E-state index in [1.807, 2.05) is 24.3 Å². The Balaban J connectivity index is 1.25. The zero-order valence-electron chi connectivity index (χ0n) is 18.4.